The molecule has 6 heteroatoms. The van der Waals surface area contributed by atoms with Gasteiger partial charge in [0.2, 0.25) is 3.79 Å². The molecule has 0 heterocycles. The van der Waals surface area contributed by atoms with E-state index < -0.39 is 8.38 Å². The smallest absolute Gasteiger partial charge is 0.203 e. The first-order valence-corrected chi connectivity index (χ1v) is 5.35. The molecule has 14 heavy (non-hydrogen) atoms. The predicted molar refractivity (Wildman–Crippen MR) is 60.2 cm³/mol. The lowest BCUT2D eigenvalue weighted by molar-refractivity contribution is 0.403. The Morgan fingerprint density at radius 3 is 1.57 bits per heavy atom. The third kappa shape index (κ3) is 3.04. The average molecular weight is 296 g/mol. The fraction of sp³-hybridized carbons (Fsp3) is 0.250. The third-order valence-electron chi connectivity index (χ3n) is 1.54. The van der Waals surface area contributed by atoms with Gasteiger partial charge in [0.05, 0.1) is 0 Å². The van der Waals surface area contributed by atoms with Crippen LogP contribution in [-0.2, 0) is 8.38 Å². The van der Waals surface area contributed by atoms with Crippen molar-refractivity contribution in [3.8, 4) is 0 Å². The monoisotopic (exact) mass is 294 g/mol. The van der Waals surface area contributed by atoms with Crippen molar-refractivity contribution in [3.63, 3.8) is 0 Å². The van der Waals surface area contributed by atoms with Crippen LogP contribution in [0, 0.1) is 0 Å². The number of alkyl halides is 6. The molecule has 0 saturated heterocycles. The molecule has 0 amide bonds. The summed E-state index contributed by atoms with van der Waals surface area (Å²) in [5.74, 6) is 0. The maximum atomic E-state index is 13.3. The molecule has 0 N–H and O–H groups in total. The second-order valence-electron chi connectivity index (χ2n) is 2.54. The molecule has 0 spiro atoms. The van der Waals surface area contributed by atoms with Crippen molar-refractivity contribution in [3.05, 3.63) is 35.4 Å². The molecule has 0 unspecified atom stereocenters. The minimum Gasteiger partial charge on any atom is -0.203 e. The normalized spacial score (nSPS) is 13.0. The Morgan fingerprint density at radius 2 is 1.29 bits per heavy atom. The minimum absolute atomic E-state index is 0.0664. The molecule has 0 radical (unpaired) electrons. The summed E-state index contributed by atoms with van der Waals surface area (Å²) in [7, 11) is 0. The highest BCUT2D eigenvalue weighted by molar-refractivity contribution is 6.67. The zero-order valence-electron chi connectivity index (χ0n) is 6.58. The highest BCUT2D eigenvalue weighted by atomic mass is 35.6. The lowest BCUT2D eigenvalue weighted by atomic mass is 10.1. The molecule has 0 aromatic heterocycles. The van der Waals surface area contributed by atoms with E-state index in [1.165, 1.54) is 12.1 Å². The third-order valence-corrected chi connectivity index (χ3v) is 2.56. The quantitative estimate of drug-likeness (QED) is 0.635. The number of hydrogen-bond acceptors (Lipinski definition) is 0. The first kappa shape index (κ1) is 12.7. The molecular formula is C8H4Cl5F. The maximum absolute atomic E-state index is 13.3. The summed E-state index contributed by atoms with van der Waals surface area (Å²) in [6.45, 7) is 0. The van der Waals surface area contributed by atoms with Gasteiger partial charge in [0.25, 0.3) is 4.59 Å². The van der Waals surface area contributed by atoms with E-state index in [0.29, 0.717) is 0 Å². The van der Waals surface area contributed by atoms with E-state index in [2.05, 4.69) is 0 Å². The van der Waals surface area contributed by atoms with Crippen molar-refractivity contribution in [1.29, 1.82) is 0 Å². The minimum atomic E-state index is -2.57. The molecule has 0 aliphatic carbocycles. The number of rotatable bonds is 1. The zero-order chi connectivity index (χ0) is 11.0. The van der Waals surface area contributed by atoms with Crippen LogP contribution in [0.4, 0.5) is 4.39 Å². The molecule has 0 fully saturated rings. The van der Waals surface area contributed by atoms with Crippen LogP contribution in [0.5, 0.6) is 0 Å². The Kier molecular flexibility index (Phi) is 3.83. The van der Waals surface area contributed by atoms with Crippen LogP contribution < -0.4 is 0 Å². The van der Waals surface area contributed by atoms with Crippen LogP contribution in [-0.4, -0.2) is 0 Å². The van der Waals surface area contributed by atoms with E-state index >= 15 is 0 Å². The number of halogens is 6. The highest BCUT2D eigenvalue weighted by Gasteiger charge is 2.35. The lowest BCUT2D eigenvalue weighted by Gasteiger charge is -2.19. The van der Waals surface area contributed by atoms with E-state index in [0.717, 1.165) is 0 Å². The maximum Gasteiger partial charge on any atom is 0.283 e. The summed E-state index contributed by atoms with van der Waals surface area (Å²) in [6, 6.07) is 5.95. The molecule has 1 aromatic rings. The second-order valence-corrected chi connectivity index (χ2v) is 6.06. The van der Waals surface area contributed by atoms with Gasteiger partial charge in [-0.15, -0.1) is 0 Å². The summed E-state index contributed by atoms with van der Waals surface area (Å²) >= 11 is 27.4. The lowest BCUT2D eigenvalue weighted by Crippen LogP contribution is -2.12. The molecular weight excluding hydrogens is 292 g/mol. The van der Waals surface area contributed by atoms with Gasteiger partial charge >= 0.3 is 0 Å². The van der Waals surface area contributed by atoms with Crippen LogP contribution in [0.3, 0.4) is 0 Å². The van der Waals surface area contributed by atoms with Crippen LogP contribution in [0.2, 0.25) is 0 Å². The van der Waals surface area contributed by atoms with Crippen molar-refractivity contribution in [1.82, 2.24) is 0 Å². The van der Waals surface area contributed by atoms with Crippen LogP contribution in [0.1, 0.15) is 11.1 Å². The van der Waals surface area contributed by atoms with Gasteiger partial charge in [-0.2, -0.15) is 0 Å². The first-order valence-electron chi connectivity index (χ1n) is 3.46. The van der Waals surface area contributed by atoms with Gasteiger partial charge in [0.1, 0.15) is 0 Å². The van der Waals surface area contributed by atoms with Crippen LogP contribution >= 0.6 is 58.0 Å². The van der Waals surface area contributed by atoms with Gasteiger partial charge in [-0.3, -0.25) is 0 Å². The highest BCUT2D eigenvalue weighted by Crippen LogP contribution is 2.46. The summed E-state index contributed by atoms with van der Waals surface area (Å²) in [4.78, 5) is 0. The van der Waals surface area contributed by atoms with Gasteiger partial charge in [-0.1, -0.05) is 82.3 Å². The molecule has 0 nitrogen and oxygen atoms in total. The van der Waals surface area contributed by atoms with Gasteiger partial charge in [0.15, 0.2) is 0 Å². The van der Waals surface area contributed by atoms with E-state index in [-0.39, 0.29) is 11.1 Å². The molecule has 0 aliphatic rings. The molecule has 1 aromatic carbocycles. The number of benzene rings is 1. The van der Waals surface area contributed by atoms with Crippen molar-refractivity contribution >= 4 is 58.0 Å². The fourth-order valence-electron chi connectivity index (χ4n) is 0.978. The second kappa shape index (κ2) is 4.23. The zero-order valence-corrected chi connectivity index (χ0v) is 10.4. The SMILES string of the molecule is FC(Cl)(Cl)c1ccccc1C(Cl)(Cl)Cl. The molecule has 1 rings (SSSR count). The van der Waals surface area contributed by atoms with Crippen LogP contribution in [0.15, 0.2) is 24.3 Å². The molecule has 78 valence electrons. The molecule has 0 aliphatic heterocycles. The summed E-state index contributed by atoms with van der Waals surface area (Å²) in [6.07, 6.45) is 0. The van der Waals surface area contributed by atoms with Crippen molar-refractivity contribution in [2.45, 2.75) is 8.38 Å². The molecule has 0 atom stereocenters. The largest absolute Gasteiger partial charge is 0.283 e. The van der Waals surface area contributed by atoms with Crippen molar-refractivity contribution in [2.75, 3.05) is 0 Å². The average Bonchev–Trinajstić information content (AvgIpc) is 2.01. The molecule has 0 bridgehead atoms. The Balaban J connectivity index is 3.31. The topological polar surface area (TPSA) is 0 Å². The Labute approximate surface area is 106 Å². The van der Waals surface area contributed by atoms with E-state index in [1.807, 2.05) is 0 Å². The summed E-state index contributed by atoms with van der Waals surface area (Å²) in [5.41, 5.74) is 0.0563. The van der Waals surface area contributed by atoms with Gasteiger partial charge in [-0.25, -0.2) is 4.39 Å². The predicted octanol–water partition coefficient (Wildman–Crippen LogP) is 5.07. The van der Waals surface area contributed by atoms with Gasteiger partial charge in [0, 0.05) is 11.1 Å². The summed E-state index contributed by atoms with van der Waals surface area (Å²) < 4.78 is 8.95. The van der Waals surface area contributed by atoms with Crippen LogP contribution in [0.25, 0.3) is 0 Å². The standard InChI is InChI=1S/C8H4Cl5F/c9-7(10,11)5-3-1-2-4-6(5)8(12,13)14/h1-4H. The summed E-state index contributed by atoms with van der Waals surface area (Å²) in [5, 5.41) is 0. The van der Waals surface area contributed by atoms with Gasteiger partial charge in [-0.05, 0) is 0 Å². The fourth-order valence-corrected chi connectivity index (χ4v) is 1.80. The molecule has 0 saturated carbocycles. The van der Waals surface area contributed by atoms with Gasteiger partial charge < -0.3 is 0 Å². The number of hydrogen-bond donors (Lipinski definition) is 0. The Morgan fingerprint density at radius 1 is 0.857 bits per heavy atom. The van der Waals surface area contributed by atoms with E-state index in [4.69, 9.17) is 58.0 Å². The Hall–Kier alpha value is 0.600. The Bertz CT molecular complexity index is 292. The van der Waals surface area contributed by atoms with Crippen molar-refractivity contribution in [2.24, 2.45) is 0 Å². The van der Waals surface area contributed by atoms with Crippen molar-refractivity contribution < 1.29 is 4.39 Å². The van der Waals surface area contributed by atoms with E-state index in [1.54, 1.807) is 12.1 Å². The first-order chi connectivity index (χ1) is 6.23. The van der Waals surface area contributed by atoms with E-state index in [9.17, 15) is 4.39 Å².